The normalized spacial score (nSPS) is 10.6. The highest BCUT2D eigenvalue weighted by molar-refractivity contribution is 6.30. The highest BCUT2D eigenvalue weighted by Crippen LogP contribution is 2.30. The van der Waals surface area contributed by atoms with Crippen molar-refractivity contribution in [3.05, 3.63) is 94.5 Å². The molecule has 0 saturated carbocycles. The molecule has 1 N–H and O–H groups in total. The van der Waals surface area contributed by atoms with Crippen molar-refractivity contribution in [1.29, 1.82) is 0 Å². The van der Waals surface area contributed by atoms with Crippen molar-refractivity contribution in [2.75, 3.05) is 7.11 Å². The lowest BCUT2D eigenvalue weighted by Crippen LogP contribution is -2.17. The van der Waals surface area contributed by atoms with Gasteiger partial charge in [0.2, 0.25) is 0 Å². The summed E-state index contributed by atoms with van der Waals surface area (Å²) < 4.78 is 11.4. The fourth-order valence-electron chi connectivity index (χ4n) is 2.51. The number of hydrazone groups is 1. The molecule has 5 nitrogen and oxygen atoms in total. The molecule has 1 amide bonds. The van der Waals surface area contributed by atoms with Gasteiger partial charge in [-0.3, -0.25) is 4.79 Å². The molecule has 3 aromatic carbocycles. The van der Waals surface area contributed by atoms with Crippen molar-refractivity contribution in [2.24, 2.45) is 5.10 Å². The molecule has 0 aliphatic heterocycles. The lowest BCUT2D eigenvalue weighted by molar-refractivity contribution is 0.0955. The maximum atomic E-state index is 12.1. The Balaban J connectivity index is 1.72. The second-order valence-electron chi connectivity index (χ2n) is 5.86. The molecule has 0 atom stereocenters. The van der Waals surface area contributed by atoms with Crippen LogP contribution in [0.5, 0.6) is 11.5 Å². The first-order valence-electron chi connectivity index (χ1n) is 8.60. The number of amides is 1. The molecule has 6 heteroatoms. The fourth-order valence-corrected chi connectivity index (χ4v) is 2.63. The summed E-state index contributed by atoms with van der Waals surface area (Å²) in [6, 6.07) is 21.9. The number of carbonyl (C=O) groups excluding carboxylic acids is 1. The summed E-state index contributed by atoms with van der Waals surface area (Å²) in [6.45, 7) is 0.388. The lowest BCUT2D eigenvalue weighted by atomic mass is 10.2. The van der Waals surface area contributed by atoms with Crippen LogP contribution in [0.3, 0.4) is 0 Å². The Hall–Kier alpha value is -3.31. The van der Waals surface area contributed by atoms with Crippen molar-refractivity contribution in [2.45, 2.75) is 6.61 Å². The summed E-state index contributed by atoms with van der Waals surface area (Å²) in [7, 11) is 1.58. The van der Waals surface area contributed by atoms with Crippen LogP contribution in [0.4, 0.5) is 0 Å². The molecule has 28 heavy (non-hydrogen) atoms. The van der Waals surface area contributed by atoms with E-state index in [1.54, 1.807) is 31.4 Å². The minimum absolute atomic E-state index is 0.331. The van der Waals surface area contributed by atoms with E-state index in [0.717, 1.165) is 5.56 Å². The highest BCUT2D eigenvalue weighted by Gasteiger charge is 2.10. The molecule has 142 valence electrons. The van der Waals surface area contributed by atoms with Crippen LogP contribution < -0.4 is 14.9 Å². The van der Waals surface area contributed by atoms with Gasteiger partial charge in [0.25, 0.3) is 5.91 Å². The van der Waals surface area contributed by atoms with Crippen molar-refractivity contribution in [1.82, 2.24) is 5.43 Å². The molecular formula is C22H19ClN2O3. The Bertz CT molecular complexity index is 957. The molecule has 0 aromatic heterocycles. The van der Waals surface area contributed by atoms with Crippen molar-refractivity contribution in [3.63, 3.8) is 0 Å². The zero-order chi connectivity index (χ0) is 19.8. The number of hydrogen-bond donors (Lipinski definition) is 1. The predicted octanol–water partition coefficient (Wildman–Crippen LogP) is 4.69. The zero-order valence-corrected chi connectivity index (χ0v) is 16.0. The molecule has 0 heterocycles. The smallest absolute Gasteiger partial charge is 0.271 e. The van der Waals surface area contributed by atoms with Crippen LogP contribution in [0.25, 0.3) is 0 Å². The maximum absolute atomic E-state index is 12.1. The number of hydrogen-bond acceptors (Lipinski definition) is 4. The number of halogens is 1. The largest absolute Gasteiger partial charge is 0.493 e. The van der Waals surface area contributed by atoms with Gasteiger partial charge >= 0.3 is 0 Å². The molecule has 0 aliphatic carbocycles. The van der Waals surface area contributed by atoms with Crippen molar-refractivity contribution >= 4 is 23.7 Å². The summed E-state index contributed by atoms with van der Waals surface area (Å²) in [4.78, 5) is 12.1. The number of rotatable bonds is 7. The van der Waals surface area contributed by atoms with Gasteiger partial charge in [-0.2, -0.15) is 5.10 Å². The molecule has 0 fully saturated rings. The van der Waals surface area contributed by atoms with Gasteiger partial charge in [0, 0.05) is 16.1 Å². The van der Waals surface area contributed by atoms with Crippen molar-refractivity contribution < 1.29 is 14.3 Å². The van der Waals surface area contributed by atoms with E-state index in [1.165, 1.54) is 6.21 Å². The number of methoxy groups -OCH3 is 1. The molecular weight excluding hydrogens is 376 g/mol. The third kappa shape index (κ3) is 5.11. The number of nitrogens with zero attached hydrogens (tertiary/aromatic N) is 1. The average molecular weight is 395 g/mol. The Labute approximate surface area is 168 Å². The molecule has 0 saturated heterocycles. The number of ether oxygens (including phenoxy) is 2. The SMILES string of the molecule is COc1cccc(C=NNC(=O)c2ccc(Cl)cc2)c1OCc1ccccc1. The monoisotopic (exact) mass is 394 g/mol. The summed E-state index contributed by atoms with van der Waals surface area (Å²) in [5.41, 5.74) is 4.68. The Morgan fingerprint density at radius 3 is 2.50 bits per heavy atom. The summed E-state index contributed by atoms with van der Waals surface area (Å²) in [5, 5.41) is 4.60. The lowest BCUT2D eigenvalue weighted by Gasteiger charge is -2.13. The molecule has 0 spiro atoms. The predicted molar refractivity (Wildman–Crippen MR) is 110 cm³/mol. The fraction of sp³-hybridized carbons (Fsp3) is 0.0909. The molecule has 0 bridgehead atoms. The van der Waals surface area contributed by atoms with Gasteiger partial charge in [-0.1, -0.05) is 48.0 Å². The third-order valence-electron chi connectivity index (χ3n) is 3.93. The number of nitrogens with one attached hydrogen (secondary N) is 1. The maximum Gasteiger partial charge on any atom is 0.271 e. The molecule has 0 radical (unpaired) electrons. The van der Waals surface area contributed by atoms with Crippen LogP contribution in [0, 0.1) is 0 Å². The second-order valence-corrected chi connectivity index (χ2v) is 6.30. The van der Waals surface area contributed by atoms with Crippen LogP contribution in [0.2, 0.25) is 5.02 Å². The Morgan fingerprint density at radius 2 is 1.79 bits per heavy atom. The molecule has 3 aromatic rings. The first-order chi connectivity index (χ1) is 13.7. The van der Waals surface area contributed by atoms with Gasteiger partial charge < -0.3 is 9.47 Å². The third-order valence-corrected chi connectivity index (χ3v) is 4.18. The van der Waals surface area contributed by atoms with E-state index in [0.29, 0.717) is 34.3 Å². The van der Waals surface area contributed by atoms with E-state index < -0.39 is 0 Å². The summed E-state index contributed by atoms with van der Waals surface area (Å²) in [6.07, 6.45) is 1.52. The van der Waals surface area contributed by atoms with Gasteiger partial charge in [0.15, 0.2) is 11.5 Å². The summed E-state index contributed by atoms with van der Waals surface area (Å²) in [5.74, 6) is 0.810. The average Bonchev–Trinajstić information content (AvgIpc) is 2.73. The number of benzene rings is 3. The Kier molecular flexibility index (Phi) is 6.65. The second kappa shape index (κ2) is 9.58. The topological polar surface area (TPSA) is 59.9 Å². The van der Waals surface area contributed by atoms with Gasteiger partial charge in [0.1, 0.15) is 6.61 Å². The van der Waals surface area contributed by atoms with E-state index in [4.69, 9.17) is 21.1 Å². The van der Waals surface area contributed by atoms with E-state index in [9.17, 15) is 4.79 Å². The van der Waals surface area contributed by atoms with Crippen LogP contribution in [0.1, 0.15) is 21.5 Å². The van der Waals surface area contributed by atoms with E-state index in [2.05, 4.69) is 10.5 Å². The quantitative estimate of drug-likeness (QED) is 0.467. The van der Waals surface area contributed by atoms with Crippen LogP contribution in [-0.2, 0) is 6.61 Å². The van der Waals surface area contributed by atoms with Gasteiger partial charge in [-0.15, -0.1) is 0 Å². The van der Waals surface area contributed by atoms with E-state index in [1.807, 2.05) is 48.5 Å². The number of carbonyl (C=O) groups is 1. The first kappa shape index (κ1) is 19.5. The van der Waals surface area contributed by atoms with Gasteiger partial charge in [-0.25, -0.2) is 5.43 Å². The van der Waals surface area contributed by atoms with Crippen LogP contribution in [-0.4, -0.2) is 19.2 Å². The highest BCUT2D eigenvalue weighted by atomic mass is 35.5. The van der Waals surface area contributed by atoms with Gasteiger partial charge in [0.05, 0.1) is 13.3 Å². The van der Waals surface area contributed by atoms with Crippen LogP contribution >= 0.6 is 11.6 Å². The Morgan fingerprint density at radius 1 is 1.04 bits per heavy atom. The number of para-hydroxylation sites is 1. The zero-order valence-electron chi connectivity index (χ0n) is 15.3. The van der Waals surface area contributed by atoms with E-state index >= 15 is 0 Å². The standard InChI is InChI=1S/C22H19ClN2O3/c1-27-20-9-5-8-18(21(20)28-15-16-6-3-2-4-7-16)14-24-25-22(26)17-10-12-19(23)13-11-17/h2-14H,15H2,1H3,(H,25,26). The van der Waals surface area contributed by atoms with Crippen molar-refractivity contribution in [3.8, 4) is 11.5 Å². The van der Waals surface area contributed by atoms with Gasteiger partial charge in [-0.05, 0) is 42.0 Å². The van der Waals surface area contributed by atoms with Crippen LogP contribution in [0.15, 0.2) is 77.9 Å². The first-order valence-corrected chi connectivity index (χ1v) is 8.98. The minimum Gasteiger partial charge on any atom is -0.493 e. The molecule has 3 rings (SSSR count). The molecule has 0 unspecified atom stereocenters. The van der Waals surface area contributed by atoms with E-state index in [-0.39, 0.29) is 5.91 Å². The summed E-state index contributed by atoms with van der Waals surface area (Å²) >= 11 is 5.83. The minimum atomic E-state index is -0.331. The molecule has 0 aliphatic rings.